The lowest BCUT2D eigenvalue weighted by Crippen LogP contribution is -2.18. The summed E-state index contributed by atoms with van der Waals surface area (Å²) < 4.78 is 47.2. The quantitative estimate of drug-likeness (QED) is 0.746. The first kappa shape index (κ1) is 17.2. The van der Waals surface area contributed by atoms with Crippen molar-refractivity contribution in [1.29, 1.82) is 0 Å². The second-order valence-corrected chi connectivity index (χ2v) is 5.60. The lowest BCUT2D eigenvalue weighted by atomic mass is 10.0. The Morgan fingerprint density at radius 3 is 2.35 bits per heavy atom. The van der Waals surface area contributed by atoms with Crippen LogP contribution in [-0.4, -0.2) is 12.5 Å². The highest BCUT2D eigenvalue weighted by molar-refractivity contribution is 5.42. The Hall–Kier alpha value is -2.17. The van der Waals surface area contributed by atoms with Gasteiger partial charge in [0.05, 0.1) is 6.10 Å². The molecule has 0 bridgehead atoms. The summed E-state index contributed by atoms with van der Waals surface area (Å²) in [5.41, 5.74) is 2.09. The Morgan fingerprint density at radius 2 is 1.70 bits per heavy atom. The predicted molar refractivity (Wildman–Crippen MR) is 82.9 cm³/mol. The Labute approximate surface area is 133 Å². The van der Waals surface area contributed by atoms with Gasteiger partial charge in [-0.05, 0) is 49.6 Å². The molecule has 0 saturated heterocycles. The van der Waals surface area contributed by atoms with Crippen LogP contribution >= 0.6 is 0 Å². The van der Waals surface area contributed by atoms with Gasteiger partial charge in [0.25, 0.3) is 0 Å². The number of aryl methyl sites for hydroxylation is 1. The Bertz CT molecular complexity index is 664. The Balaban J connectivity index is 2.26. The molecule has 0 atom stereocenters. The maximum absolute atomic E-state index is 12.4. The molecule has 0 unspecified atom stereocenters. The molecule has 2 aromatic carbocycles. The van der Waals surface area contributed by atoms with Crippen LogP contribution in [-0.2, 0) is 6.42 Å². The van der Waals surface area contributed by atoms with E-state index in [-0.39, 0.29) is 11.9 Å². The first-order valence-corrected chi connectivity index (χ1v) is 7.34. The van der Waals surface area contributed by atoms with Gasteiger partial charge in [0.15, 0.2) is 0 Å². The van der Waals surface area contributed by atoms with Crippen molar-refractivity contribution >= 4 is 0 Å². The monoisotopic (exact) mass is 324 g/mol. The van der Waals surface area contributed by atoms with Crippen LogP contribution in [0.1, 0.15) is 30.5 Å². The van der Waals surface area contributed by atoms with E-state index in [1.165, 1.54) is 6.07 Å². The van der Waals surface area contributed by atoms with E-state index < -0.39 is 6.36 Å². The molecule has 0 N–H and O–H groups in total. The maximum Gasteiger partial charge on any atom is 0.573 e. The number of hydrogen-bond donors (Lipinski definition) is 0. The molecule has 124 valence electrons. The fourth-order valence-electron chi connectivity index (χ4n) is 2.23. The molecule has 0 aliphatic carbocycles. The van der Waals surface area contributed by atoms with Crippen molar-refractivity contribution < 1.29 is 22.6 Å². The summed E-state index contributed by atoms with van der Waals surface area (Å²) in [6, 6.07) is 12.4. The third-order valence-corrected chi connectivity index (χ3v) is 3.21. The van der Waals surface area contributed by atoms with Gasteiger partial charge in [0.1, 0.15) is 11.5 Å². The average Bonchev–Trinajstić information content (AvgIpc) is 2.42. The smallest absolute Gasteiger partial charge is 0.491 e. The molecule has 0 amide bonds. The van der Waals surface area contributed by atoms with Crippen molar-refractivity contribution in [1.82, 2.24) is 0 Å². The summed E-state index contributed by atoms with van der Waals surface area (Å²) in [5.74, 6) is 0.568. The standard InChI is InChI=1S/C18H19F3O2/c1-12(2)22-16-7-5-4-6-15(16)10-14-9-8-13(3)17(11-14)23-18(19,20)21/h4-9,11-12H,10H2,1-3H3. The number of rotatable bonds is 5. The third kappa shape index (κ3) is 5.20. The SMILES string of the molecule is Cc1ccc(Cc2ccccc2OC(C)C)cc1OC(F)(F)F. The lowest BCUT2D eigenvalue weighted by molar-refractivity contribution is -0.274. The number of hydrogen-bond acceptors (Lipinski definition) is 2. The second kappa shape index (κ2) is 6.94. The molecule has 0 saturated carbocycles. The van der Waals surface area contributed by atoms with Gasteiger partial charge in [-0.15, -0.1) is 13.2 Å². The largest absolute Gasteiger partial charge is 0.573 e. The van der Waals surface area contributed by atoms with Crippen molar-refractivity contribution in [3.05, 3.63) is 59.2 Å². The molecule has 0 aliphatic heterocycles. The van der Waals surface area contributed by atoms with Gasteiger partial charge in [-0.1, -0.05) is 30.3 Å². The predicted octanol–water partition coefficient (Wildman–Crippen LogP) is 5.27. The molecule has 2 nitrogen and oxygen atoms in total. The molecule has 2 rings (SSSR count). The van der Waals surface area contributed by atoms with E-state index in [4.69, 9.17) is 4.74 Å². The highest BCUT2D eigenvalue weighted by Gasteiger charge is 2.31. The highest BCUT2D eigenvalue weighted by Crippen LogP contribution is 2.29. The molecule has 0 heterocycles. The first-order chi connectivity index (χ1) is 10.7. The zero-order chi connectivity index (χ0) is 17.0. The minimum absolute atomic E-state index is 0.0262. The minimum Gasteiger partial charge on any atom is -0.491 e. The summed E-state index contributed by atoms with van der Waals surface area (Å²) in [5, 5.41) is 0. The van der Waals surface area contributed by atoms with Crippen LogP contribution in [0.3, 0.4) is 0 Å². The van der Waals surface area contributed by atoms with Gasteiger partial charge < -0.3 is 9.47 Å². The third-order valence-electron chi connectivity index (χ3n) is 3.21. The van der Waals surface area contributed by atoms with Crippen LogP contribution in [0.15, 0.2) is 42.5 Å². The van der Waals surface area contributed by atoms with Crippen LogP contribution in [0.5, 0.6) is 11.5 Å². The molecular formula is C18H19F3O2. The summed E-state index contributed by atoms with van der Waals surface area (Å²) in [6.07, 6.45) is -4.20. The van der Waals surface area contributed by atoms with Crippen LogP contribution in [0, 0.1) is 6.92 Å². The fraction of sp³-hybridized carbons (Fsp3) is 0.333. The Kier molecular flexibility index (Phi) is 5.19. The number of alkyl halides is 3. The van der Waals surface area contributed by atoms with E-state index in [9.17, 15) is 13.2 Å². The molecule has 0 spiro atoms. The molecule has 0 radical (unpaired) electrons. The van der Waals surface area contributed by atoms with E-state index in [2.05, 4.69) is 4.74 Å². The number of ether oxygens (including phenoxy) is 2. The molecular weight excluding hydrogens is 305 g/mol. The topological polar surface area (TPSA) is 18.5 Å². The van der Waals surface area contributed by atoms with Crippen LogP contribution in [0.2, 0.25) is 0 Å². The highest BCUT2D eigenvalue weighted by atomic mass is 19.4. The van der Waals surface area contributed by atoms with Gasteiger partial charge in [0.2, 0.25) is 0 Å². The average molecular weight is 324 g/mol. The lowest BCUT2D eigenvalue weighted by Gasteiger charge is -2.15. The van der Waals surface area contributed by atoms with Crippen LogP contribution in [0.4, 0.5) is 13.2 Å². The summed E-state index contributed by atoms with van der Waals surface area (Å²) in [7, 11) is 0. The molecule has 23 heavy (non-hydrogen) atoms. The molecule has 0 fully saturated rings. The van der Waals surface area contributed by atoms with Gasteiger partial charge in [-0.3, -0.25) is 0 Å². The van der Waals surface area contributed by atoms with Gasteiger partial charge >= 0.3 is 6.36 Å². The number of para-hydroxylation sites is 1. The molecule has 0 aromatic heterocycles. The molecule has 2 aromatic rings. The molecule has 0 aliphatic rings. The van der Waals surface area contributed by atoms with Crippen molar-refractivity contribution in [3.8, 4) is 11.5 Å². The van der Waals surface area contributed by atoms with Crippen molar-refractivity contribution in [2.45, 2.75) is 39.7 Å². The minimum atomic E-state index is -4.69. The van der Waals surface area contributed by atoms with Crippen molar-refractivity contribution in [2.75, 3.05) is 0 Å². The van der Waals surface area contributed by atoms with Crippen molar-refractivity contribution in [2.24, 2.45) is 0 Å². The van der Waals surface area contributed by atoms with E-state index in [0.29, 0.717) is 12.0 Å². The van der Waals surface area contributed by atoms with E-state index in [0.717, 1.165) is 16.9 Å². The zero-order valence-corrected chi connectivity index (χ0v) is 13.3. The second-order valence-electron chi connectivity index (χ2n) is 5.60. The Morgan fingerprint density at radius 1 is 1.00 bits per heavy atom. The van der Waals surface area contributed by atoms with Gasteiger partial charge in [-0.25, -0.2) is 0 Å². The fourth-order valence-corrected chi connectivity index (χ4v) is 2.23. The molecule has 5 heteroatoms. The number of benzene rings is 2. The summed E-state index contributed by atoms with van der Waals surface area (Å²) >= 11 is 0. The maximum atomic E-state index is 12.4. The van der Waals surface area contributed by atoms with Crippen molar-refractivity contribution in [3.63, 3.8) is 0 Å². The van der Waals surface area contributed by atoms with Gasteiger partial charge in [-0.2, -0.15) is 0 Å². The van der Waals surface area contributed by atoms with Gasteiger partial charge in [0, 0.05) is 6.42 Å². The van der Waals surface area contributed by atoms with E-state index in [1.54, 1.807) is 19.1 Å². The zero-order valence-electron chi connectivity index (χ0n) is 13.3. The van der Waals surface area contributed by atoms with E-state index in [1.807, 2.05) is 38.1 Å². The summed E-state index contributed by atoms with van der Waals surface area (Å²) in [6.45, 7) is 5.44. The van der Waals surface area contributed by atoms with Crippen LogP contribution in [0.25, 0.3) is 0 Å². The number of halogens is 3. The normalized spacial score (nSPS) is 11.6. The summed E-state index contributed by atoms with van der Waals surface area (Å²) in [4.78, 5) is 0. The first-order valence-electron chi connectivity index (χ1n) is 7.34. The van der Waals surface area contributed by atoms with Crippen LogP contribution < -0.4 is 9.47 Å². The van der Waals surface area contributed by atoms with E-state index >= 15 is 0 Å².